The van der Waals surface area contributed by atoms with Crippen LogP contribution in [0.1, 0.15) is 23.1 Å². The number of ether oxygens (including phenoxy) is 2. The molecule has 0 saturated heterocycles. The Bertz CT molecular complexity index is 983. The number of nitrogens with zero attached hydrogens (tertiary/aromatic N) is 1. The molecule has 5 heteroatoms. The molecule has 1 aliphatic carbocycles. The molecule has 0 bridgehead atoms. The van der Waals surface area contributed by atoms with Gasteiger partial charge in [0.25, 0.3) is 0 Å². The minimum atomic E-state index is -0.0699. The van der Waals surface area contributed by atoms with Crippen molar-refractivity contribution in [3.05, 3.63) is 58.4 Å². The van der Waals surface area contributed by atoms with Crippen LogP contribution in [-0.4, -0.2) is 20.1 Å². The summed E-state index contributed by atoms with van der Waals surface area (Å²) in [7, 11) is 3.17. The Hall–Kier alpha value is -3.26. The van der Waals surface area contributed by atoms with Gasteiger partial charge in [0.2, 0.25) is 5.91 Å². The molecule has 124 valence electrons. The van der Waals surface area contributed by atoms with E-state index in [0.29, 0.717) is 23.6 Å². The number of rotatable bonds is 2. The molecule has 1 N–H and O–H groups in total. The molecule has 2 aliphatic rings. The van der Waals surface area contributed by atoms with Crippen molar-refractivity contribution in [2.75, 3.05) is 19.5 Å². The van der Waals surface area contributed by atoms with Gasteiger partial charge in [0.15, 0.2) is 17.2 Å². The topological polar surface area (TPSA) is 51.9 Å². The third-order valence-corrected chi connectivity index (χ3v) is 4.74. The van der Waals surface area contributed by atoms with E-state index in [1.807, 2.05) is 24.3 Å². The van der Waals surface area contributed by atoms with E-state index >= 15 is 0 Å². The first-order chi connectivity index (χ1) is 12.1. The van der Waals surface area contributed by atoms with Crippen LogP contribution in [0.15, 0.2) is 30.3 Å². The fraction of sp³-hybridized carbons (Fsp3) is 0.200. The molecule has 0 radical (unpaired) electrons. The molecule has 0 unspecified atom stereocenters. The van der Waals surface area contributed by atoms with Gasteiger partial charge in [0, 0.05) is 11.6 Å². The van der Waals surface area contributed by atoms with Gasteiger partial charge in [-0.15, -0.1) is 0 Å². The summed E-state index contributed by atoms with van der Waals surface area (Å²) in [5.74, 6) is 1.14. The molecular weight excluding hydrogens is 316 g/mol. The fourth-order valence-corrected chi connectivity index (χ4v) is 3.58. The van der Waals surface area contributed by atoms with Crippen molar-refractivity contribution in [1.29, 1.82) is 0 Å². The highest BCUT2D eigenvalue weighted by Crippen LogP contribution is 2.47. The fourth-order valence-electron chi connectivity index (χ4n) is 3.58. The number of hydrogen-bond acceptors (Lipinski definition) is 3. The average Bonchev–Trinajstić information content (AvgIpc) is 2.91. The lowest BCUT2D eigenvalue weighted by Crippen LogP contribution is -2.11. The number of carbonyl (C=O) groups excluding carboxylic acids is 1. The molecule has 0 aromatic heterocycles. The van der Waals surface area contributed by atoms with Gasteiger partial charge in [0.1, 0.15) is 0 Å². The first-order valence-electron chi connectivity index (χ1n) is 7.93. The molecule has 2 aromatic carbocycles. The van der Waals surface area contributed by atoms with Crippen molar-refractivity contribution < 1.29 is 14.3 Å². The number of allylic oxidation sites excluding steroid dienone is 1. The van der Waals surface area contributed by atoms with Gasteiger partial charge in [-0.25, -0.2) is 4.85 Å². The van der Waals surface area contributed by atoms with Crippen LogP contribution in [0.2, 0.25) is 0 Å². The summed E-state index contributed by atoms with van der Waals surface area (Å²) < 4.78 is 10.8. The third-order valence-electron chi connectivity index (χ3n) is 4.74. The molecule has 0 spiro atoms. The van der Waals surface area contributed by atoms with Crippen molar-refractivity contribution in [2.24, 2.45) is 0 Å². The largest absolute Gasteiger partial charge is 0.493 e. The van der Waals surface area contributed by atoms with Gasteiger partial charge in [-0.05, 0) is 40.8 Å². The lowest BCUT2D eigenvalue weighted by molar-refractivity contribution is -0.115. The van der Waals surface area contributed by atoms with Crippen LogP contribution in [-0.2, 0) is 11.2 Å². The maximum Gasteiger partial charge on any atom is 0.228 e. The van der Waals surface area contributed by atoms with Crippen LogP contribution in [0, 0.1) is 6.57 Å². The second kappa shape index (κ2) is 5.67. The smallest absolute Gasteiger partial charge is 0.228 e. The molecule has 0 saturated carbocycles. The lowest BCUT2D eigenvalue weighted by Gasteiger charge is -2.15. The number of benzene rings is 2. The molecule has 2 aromatic rings. The van der Waals surface area contributed by atoms with Crippen LogP contribution in [0.4, 0.5) is 11.4 Å². The van der Waals surface area contributed by atoms with Gasteiger partial charge in [-0.1, -0.05) is 12.1 Å². The SMILES string of the molecule is [C-]#[N+]c1ccc2c(c1)C1=C(C2)c2cc(OC)c(OC)cc2NC(=O)C1. The number of fused-ring (bicyclic) bond motifs is 4. The molecule has 25 heavy (non-hydrogen) atoms. The number of methoxy groups -OCH3 is 2. The Kier molecular flexibility index (Phi) is 3.47. The van der Waals surface area contributed by atoms with Crippen molar-refractivity contribution in [3.63, 3.8) is 0 Å². The summed E-state index contributed by atoms with van der Waals surface area (Å²) in [5.41, 5.74) is 6.50. The highest BCUT2D eigenvalue weighted by Gasteiger charge is 2.30. The zero-order valence-corrected chi connectivity index (χ0v) is 14.0. The number of nitrogens with one attached hydrogen (secondary N) is 1. The monoisotopic (exact) mass is 332 g/mol. The number of hydrogen-bond donors (Lipinski definition) is 1. The van der Waals surface area contributed by atoms with E-state index in [4.69, 9.17) is 16.0 Å². The van der Waals surface area contributed by atoms with Gasteiger partial charge in [-0.3, -0.25) is 4.79 Å². The van der Waals surface area contributed by atoms with E-state index in [1.165, 1.54) is 0 Å². The Balaban J connectivity index is 1.94. The van der Waals surface area contributed by atoms with E-state index in [0.717, 1.165) is 39.9 Å². The van der Waals surface area contributed by atoms with E-state index in [-0.39, 0.29) is 5.91 Å². The second-order valence-electron chi connectivity index (χ2n) is 6.06. The second-order valence-corrected chi connectivity index (χ2v) is 6.06. The first-order valence-corrected chi connectivity index (χ1v) is 7.93. The number of carbonyl (C=O) groups is 1. The van der Waals surface area contributed by atoms with Crippen LogP contribution in [0.5, 0.6) is 11.5 Å². The molecule has 1 heterocycles. The van der Waals surface area contributed by atoms with Crippen LogP contribution < -0.4 is 14.8 Å². The molecular formula is C20H16N2O3. The molecule has 1 aliphatic heterocycles. The standard InChI is InChI=1S/C20H16N2O3/c1-21-12-5-4-11-6-14-15(13(11)7-12)9-20(23)22-17-10-19(25-3)18(24-2)8-16(14)17/h4-5,7-8,10H,6,9H2,2-3H3,(H,22,23). The van der Waals surface area contributed by atoms with E-state index < -0.39 is 0 Å². The Labute approximate surface area is 145 Å². The Morgan fingerprint density at radius 2 is 1.72 bits per heavy atom. The average molecular weight is 332 g/mol. The molecule has 0 fully saturated rings. The zero-order valence-electron chi connectivity index (χ0n) is 14.0. The Morgan fingerprint density at radius 1 is 1.00 bits per heavy atom. The summed E-state index contributed by atoms with van der Waals surface area (Å²) in [6, 6.07) is 9.40. The lowest BCUT2D eigenvalue weighted by atomic mass is 9.98. The van der Waals surface area contributed by atoms with Crippen molar-refractivity contribution in [1.82, 2.24) is 0 Å². The van der Waals surface area contributed by atoms with Crippen LogP contribution in [0.3, 0.4) is 0 Å². The predicted octanol–water partition coefficient (Wildman–Crippen LogP) is 4.06. The minimum Gasteiger partial charge on any atom is -0.493 e. The summed E-state index contributed by atoms with van der Waals surface area (Å²) in [6.45, 7) is 7.24. The predicted molar refractivity (Wildman–Crippen MR) is 96.0 cm³/mol. The van der Waals surface area contributed by atoms with Crippen LogP contribution in [0.25, 0.3) is 16.0 Å². The van der Waals surface area contributed by atoms with Crippen LogP contribution >= 0.6 is 0 Å². The Morgan fingerprint density at radius 3 is 2.44 bits per heavy atom. The normalized spacial score (nSPS) is 14.7. The van der Waals surface area contributed by atoms with Gasteiger partial charge in [0.05, 0.1) is 32.9 Å². The summed E-state index contributed by atoms with van der Waals surface area (Å²) in [5, 5.41) is 2.96. The van der Waals surface area contributed by atoms with Gasteiger partial charge < -0.3 is 14.8 Å². The maximum atomic E-state index is 12.4. The highest BCUT2D eigenvalue weighted by atomic mass is 16.5. The minimum absolute atomic E-state index is 0.0699. The van der Waals surface area contributed by atoms with Crippen molar-refractivity contribution in [3.8, 4) is 11.5 Å². The van der Waals surface area contributed by atoms with Crippen molar-refractivity contribution >= 4 is 28.4 Å². The molecule has 5 nitrogen and oxygen atoms in total. The molecule has 1 amide bonds. The number of anilines is 1. The summed E-state index contributed by atoms with van der Waals surface area (Å²) in [4.78, 5) is 15.9. The van der Waals surface area contributed by atoms with E-state index in [1.54, 1.807) is 20.3 Å². The summed E-state index contributed by atoms with van der Waals surface area (Å²) >= 11 is 0. The van der Waals surface area contributed by atoms with E-state index in [2.05, 4.69) is 10.2 Å². The highest BCUT2D eigenvalue weighted by molar-refractivity contribution is 6.12. The van der Waals surface area contributed by atoms with Crippen molar-refractivity contribution in [2.45, 2.75) is 12.8 Å². The van der Waals surface area contributed by atoms with Gasteiger partial charge in [-0.2, -0.15) is 0 Å². The molecule has 4 rings (SSSR count). The molecule has 0 atom stereocenters. The third kappa shape index (κ3) is 2.34. The van der Waals surface area contributed by atoms with Gasteiger partial charge >= 0.3 is 0 Å². The van der Waals surface area contributed by atoms with E-state index in [9.17, 15) is 4.79 Å². The first kappa shape index (κ1) is 15.3. The quantitative estimate of drug-likeness (QED) is 0.844. The maximum absolute atomic E-state index is 12.4. The number of amides is 1. The zero-order chi connectivity index (χ0) is 17.6. The summed E-state index contributed by atoms with van der Waals surface area (Å²) in [6.07, 6.45) is 1.03.